The van der Waals surface area contributed by atoms with Crippen LogP contribution in [0.1, 0.15) is 46.0 Å². The SMILES string of the molecule is CC1(C)CCCCC1NC(=O)O[C@@H]1CCN(c2cn[nH]c(=O)c2Cl)C1. The molecule has 2 aliphatic rings. The van der Waals surface area contributed by atoms with E-state index in [4.69, 9.17) is 16.3 Å². The Labute approximate surface area is 152 Å². The van der Waals surface area contributed by atoms with Gasteiger partial charge in [0, 0.05) is 19.0 Å². The lowest BCUT2D eigenvalue weighted by Crippen LogP contribution is -2.47. The molecular weight excluding hydrogens is 344 g/mol. The van der Waals surface area contributed by atoms with Gasteiger partial charge in [-0.1, -0.05) is 38.3 Å². The predicted molar refractivity (Wildman–Crippen MR) is 96.1 cm³/mol. The summed E-state index contributed by atoms with van der Waals surface area (Å²) in [5.41, 5.74) is 0.259. The molecule has 1 aliphatic carbocycles. The molecule has 0 radical (unpaired) electrons. The lowest BCUT2D eigenvalue weighted by atomic mass is 9.73. The number of ether oxygens (including phenoxy) is 1. The molecule has 2 N–H and O–H groups in total. The Morgan fingerprint density at radius 1 is 1.44 bits per heavy atom. The molecule has 1 aromatic rings. The fraction of sp³-hybridized carbons (Fsp3) is 0.706. The number of aromatic amines is 1. The van der Waals surface area contributed by atoms with Crippen molar-refractivity contribution in [3.8, 4) is 0 Å². The van der Waals surface area contributed by atoms with Gasteiger partial charge in [0.2, 0.25) is 0 Å². The third-order valence-electron chi connectivity index (χ3n) is 5.34. The van der Waals surface area contributed by atoms with Crippen LogP contribution >= 0.6 is 11.6 Å². The third-order valence-corrected chi connectivity index (χ3v) is 5.70. The largest absolute Gasteiger partial charge is 0.444 e. The van der Waals surface area contributed by atoms with Crippen LogP contribution < -0.4 is 15.8 Å². The monoisotopic (exact) mass is 368 g/mol. The average molecular weight is 369 g/mol. The second-order valence-electron chi connectivity index (χ2n) is 7.59. The van der Waals surface area contributed by atoms with Crippen LogP contribution in [-0.2, 0) is 4.74 Å². The number of nitrogens with zero attached hydrogens (tertiary/aromatic N) is 2. The van der Waals surface area contributed by atoms with Crippen molar-refractivity contribution in [2.45, 2.75) is 58.1 Å². The van der Waals surface area contributed by atoms with E-state index in [9.17, 15) is 9.59 Å². The highest BCUT2D eigenvalue weighted by molar-refractivity contribution is 6.33. The summed E-state index contributed by atoms with van der Waals surface area (Å²) in [6.45, 7) is 5.55. The molecule has 0 bridgehead atoms. The summed E-state index contributed by atoms with van der Waals surface area (Å²) in [5.74, 6) is 0. The predicted octanol–water partition coefficient (Wildman–Crippen LogP) is 2.70. The minimum Gasteiger partial charge on any atom is -0.444 e. The van der Waals surface area contributed by atoms with Gasteiger partial charge < -0.3 is 15.0 Å². The fourth-order valence-corrected chi connectivity index (χ4v) is 3.94. The smallest absolute Gasteiger partial charge is 0.407 e. The summed E-state index contributed by atoms with van der Waals surface area (Å²) in [6.07, 6.45) is 6.10. The summed E-state index contributed by atoms with van der Waals surface area (Å²) in [4.78, 5) is 25.8. The maximum Gasteiger partial charge on any atom is 0.407 e. The number of rotatable bonds is 3. The highest BCUT2D eigenvalue weighted by Crippen LogP contribution is 2.35. The van der Waals surface area contributed by atoms with E-state index in [1.807, 2.05) is 4.90 Å². The maximum atomic E-state index is 12.3. The van der Waals surface area contributed by atoms with Crippen LogP contribution in [0.4, 0.5) is 10.5 Å². The first-order chi connectivity index (χ1) is 11.9. The third kappa shape index (κ3) is 4.08. The van der Waals surface area contributed by atoms with Gasteiger partial charge in [0.25, 0.3) is 5.56 Å². The molecule has 2 atom stereocenters. The molecule has 8 heteroatoms. The Kier molecular flexibility index (Phi) is 5.22. The Balaban J connectivity index is 1.55. The number of H-pyrrole nitrogens is 1. The number of alkyl carbamates (subject to hydrolysis) is 1. The minimum absolute atomic E-state index is 0.100. The molecule has 1 amide bonds. The lowest BCUT2D eigenvalue weighted by Gasteiger charge is -2.38. The molecule has 1 saturated carbocycles. The number of carbonyl (C=O) groups is 1. The zero-order valence-electron chi connectivity index (χ0n) is 14.7. The molecule has 7 nitrogen and oxygen atoms in total. The van der Waals surface area contributed by atoms with Crippen molar-refractivity contribution >= 4 is 23.4 Å². The standard InChI is InChI=1S/C17H25ClN4O3/c1-17(2)7-4-3-5-13(17)20-16(24)25-11-6-8-22(10-11)12-9-19-21-15(23)14(12)18/h9,11,13H,3-8,10H2,1-2H3,(H,20,24)(H,21,23)/t11-,13?/m1/s1. The zero-order chi connectivity index (χ0) is 18.0. The maximum absolute atomic E-state index is 12.3. The van der Waals surface area contributed by atoms with E-state index < -0.39 is 5.56 Å². The first-order valence-electron chi connectivity index (χ1n) is 8.82. The van der Waals surface area contributed by atoms with E-state index in [1.54, 1.807) is 0 Å². The van der Waals surface area contributed by atoms with Gasteiger partial charge in [-0.25, -0.2) is 9.89 Å². The van der Waals surface area contributed by atoms with Crippen molar-refractivity contribution in [3.63, 3.8) is 0 Å². The summed E-state index contributed by atoms with van der Waals surface area (Å²) in [6, 6.07) is 0.151. The number of anilines is 1. The van der Waals surface area contributed by atoms with Crippen LogP contribution in [0.15, 0.2) is 11.0 Å². The van der Waals surface area contributed by atoms with Crippen molar-refractivity contribution in [3.05, 3.63) is 21.6 Å². The van der Waals surface area contributed by atoms with Crippen LogP contribution in [0, 0.1) is 5.41 Å². The molecule has 1 unspecified atom stereocenters. The van der Waals surface area contributed by atoms with Crippen LogP contribution in [0.25, 0.3) is 0 Å². The summed E-state index contributed by atoms with van der Waals surface area (Å²) < 4.78 is 5.59. The van der Waals surface area contributed by atoms with Crippen molar-refractivity contribution in [1.82, 2.24) is 15.5 Å². The number of hydrogen-bond donors (Lipinski definition) is 2. The first kappa shape index (κ1) is 18.0. The number of nitrogens with one attached hydrogen (secondary N) is 2. The highest BCUT2D eigenvalue weighted by Gasteiger charge is 2.34. The zero-order valence-corrected chi connectivity index (χ0v) is 15.4. The van der Waals surface area contributed by atoms with E-state index in [2.05, 4.69) is 29.4 Å². The van der Waals surface area contributed by atoms with Crippen LogP contribution in [0.5, 0.6) is 0 Å². The Bertz CT molecular complexity index is 691. The van der Waals surface area contributed by atoms with E-state index >= 15 is 0 Å². The summed E-state index contributed by atoms with van der Waals surface area (Å²) >= 11 is 6.04. The molecule has 25 heavy (non-hydrogen) atoms. The lowest BCUT2D eigenvalue weighted by molar-refractivity contribution is 0.0882. The Morgan fingerprint density at radius 3 is 3.00 bits per heavy atom. The molecule has 3 rings (SSSR count). The first-order valence-corrected chi connectivity index (χ1v) is 9.20. The number of aromatic nitrogens is 2. The number of amides is 1. The van der Waals surface area contributed by atoms with Gasteiger partial charge in [-0.05, 0) is 18.3 Å². The van der Waals surface area contributed by atoms with E-state index in [0.29, 0.717) is 25.2 Å². The van der Waals surface area contributed by atoms with Gasteiger partial charge in [0.1, 0.15) is 11.1 Å². The molecule has 2 fully saturated rings. The van der Waals surface area contributed by atoms with Gasteiger partial charge >= 0.3 is 6.09 Å². The summed E-state index contributed by atoms with van der Waals surface area (Å²) in [5, 5.41) is 9.24. The second-order valence-corrected chi connectivity index (χ2v) is 7.97. The molecule has 1 saturated heterocycles. The van der Waals surface area contributed by atoms with E-state index in [-0.39, 0.29) is 28.7 Å². The fourth-order valence-electron chi connectivity index (χ4n) is 3.73. The number of hydrogen-bond acceptors (Lipinski definition) is 5. The van der Waals surface area contributed by atoms with Crippen LogP contribution in [0.3, 0.4) is 0 Å². The van der Waals surface area contributed by atoms with E-state index in [0.717, 1.165) is 19.3 Å². The molecule has 0 spiro atoms. The second kappa shape index (κ2) is 7.23. The van der Waals surface area contributed by atoms with Gasteiger partial charge in [-0.3, -0.25) is 4.79 Å². The van der Waals surface area contributed by atoms with E-state index in [1.165, 1.54) is 12.6 Å². The normalized spacial score (nSPS) is 25.6. The quantitative estimate of drug-likeness (QED) is 0.856. The number of carbonyl (C=O) groups excluding carboxylic acids is 1. The van der Waals surface area contributed by atoms with Crippen molar-refractivity contribution in [2.24, 2.45) is 5.41 Å². The Hall–Kier alpha value is -1.76. The topological polar surface area (TPSA) is 87.3 Å². The molecule has 138 valence electrons. The van der Waals surface area contributed by atoms with Gasteiger partial charge in [-0.2, -0.15) is 5.10 Å². The molecule has 1 aliphatic heterocycles. The van der Waals surface area contributed by atoms with Crippen LogP contribution in [-0.4, -0.2) is 41.5 Å². The van der Waals surface area contributed by atoms with Crippen LogP contribution in [0.2, 0.25) is 5.02 Å². The molecule has 1 aromatic heterocycles. The van der Waals surface area contributed by atoms with Crippen molar-refractivity contribution in [2.75, 3.05) is 18.0 Å². The van der Waals surface area contributed by atoms with Gasteiger partial charge in [-0.15, -0.1) is 0 Å². The minimum atomic E-state index is -0.416. The molecule has 0 aromatic carbocycles. The van der Waals surface area contributed by atoms with Gasteiger partial charge in [0.15, 0.2) is 0 Å². The van der Waals surface area contributed by atoms with Gasteiger partial charge in [0.05, 0.1) is 18.4 Å². The molecular formula is C17H25ClN4O3. The Morgan fingerprint density at radius 2 is 2.24 bits per heavy atom. The average Bonchev–Trinajstić information content (AvgIpc) is 3.00. The van der Waals surface area contributed by atoms with Crippen molar-refractivity contribution < 1.29 is 9.53 Å². The van der Waals surface area contributed by atoms with Crippen molar-refractivity contribution in [1.29, 1.82) is 0 Å². The molecule has 2 heterocycles. The highest BCUT2D eigenvalue weighted by atomic mass is 35.5. The number of halogens is 1. The summed E-state index contributed by atoms with van der Waals surface area (Å²) in [7, 11) is 0.